The van der Waals surface area contributed by atoms with Gasteiger partial charge in [-0.25, -0.2) is 0 Å². The Hall–Kier alpha value is -0.650. The molecule has 2 fully saturated rings. The van der Waals surface area contributed by atoms with E-state index in [1.807, 2.05) is 0 Å². The zero-order valence-corrected chi connectivity index (χ0v) is 10.1. The molecule has 0 radical (unpaired) electrons. The molecule has 2 saturated heterocycles. The number of aliphatic carboxylic acids is 1. The Balaban J connectivity index is 2.02. The third kappa shape index (κ3) is 2.78. The van der Waals surface area contributed by atoms with E-state index in [1.54, 1.807) is 0 Å². The van der Waals surface area contributed by atoms with Crippen LogP contribution in [0.25, 0.3) is 0 Å². The maximum absolute atomic E-state index is 11.3. The van der Waals surface area contributed by atoms with Crippen LogP contribution in [-0.2, 0) is 14.3 Å². The van der Waals surface area contributed by atoms with Gasteiger partial charge in [-0.1, -0.05) is 0 Å². The second-order valence-electron chi connectivity index (χ2n) is 5.11. The molecular formula is C12H21NO4. The Kier molecular flexibility index (Phi) is 4.01. The van der Waals surface area contributed by atoms with Crippen molar-refractivity contribution in [3.8, 4) is 0 Å². The second kappa shape index (κ2) is 5.33. The number of ether oxygens (including phenoxy) is 2. The minimum Gasteiger partial charge on any atom is -0.481 e. The van der Waals surface area contributed by atoms with Crippen LogP contribution in [0.3, 0.4) is 0 Å². The molecular weight excluding hydrogens is 222 g/mol. The Morgan fingerprint density at radius 1 is 1.53 bits per heavy atom. The van der Waals surface area contributed by atoms with E-state index >= 15 is 0 Å². The first kappa shape index (κ1) is 12.8. The summed E-state index contributed by atoms with van der Waals surface area (Å²) in [7, 11) is 0. The number of carbonyl (C=O) groups is 1. The van der Waals surface area contributed by atoms with Crippen molar-refractivity contribution in [2.75, 3.05) is 26.4 Å². The van der Waals surface area contributed by atoms with Gasteiger partial charge in [0.2, 0.25) is 0 Å². The first-order chi connectivity index (χ1) is 8.17. The highest BCUT2D eigenvalue weighted by Crippen LogP contribution is 2.39. The summed E-state index contributed by atoms with van der Waals surface area (Å²) in [5, 5.41) is 9.26. The molecule has 2 aliphatic rings. The Bertz CT molecular complexity index is 276. The average Bonchev–Trinajstić information content (AvgIpc) is 2.73. The molecule has 3 atom stereocenters. The van der Waals surface area contributed by atoms with Gasteiger partial charge >= 0.3 is 5.97 Å². The van der Waals surface area contributed by atoms with Crippen LogP contribution < -0.4 is 5.73 Å². The predicted octanol–water partition coefficient (Wildman–Crippen LogP) is 0.622. The van der Waals surface area contributed by atoms with Crippen LogP contribution in [0, 0.1) is 11.8 Å². The number of rotatable bonds is 4. The predicted molar refractivity (Wildman–Crippen MR) is 61.6 cm³/mol. The molecule has 3 unspecified atom stereocenters. The normalized spacial score (nSPS) is 35.0. The zero-order valence-electron chi connectivity index (χ0n) is 10.1. The van der Waals surface area contributed by atoms with Crippen molar-refractivity contribution < 1.29 is 19.4 Å². The second-order valence-corrected chi connectivity index (χ2v) is 5.11. The highest BCUT2D eigenvalue weighted by Gasteiger charge is 2.44. The standard InChI is InChI=1S/C12H21NO4/c13-4-1-10(11(14)15)9-2-5-17-12(7-9)3-6-16-8-12/h9-10H,1-8,13H2,(H,14,15). The molecule has 2 aliphatic heterocycles. The molecule has 0 bridgehead atoms. The minimum absolute atomic E-state index is 0.173. The molecule has 5 heteroatoms. The van der Waals surface area contributed by atoms with Gasteiger partial charge in [0.1, 0.15) is 0 Å². The number of carboxylic acids is 1. The zero-order chi connectivity index (χ0) is 12.3. The lowest BCUT2D eigenvalue weighted by Gasteiger charge is -2.39. The molecule has 2 rings (SSSR count). The van der Waals surface area contributed by atoms with E-state index in [1.165, 1.54) is 0 Å². The van der Waals surface area contributed by atoms with Gasteiger partial charge in [-0.05, 0) is 31.7 Å². The van der Waals surface area contributed by atoms with Gasteiger partial charge in [0.05, 0.1) is 18.1 Å². The van der Waals surface area contributed by atoms with E-state index < -0.39 is 5.97 Å². The summed E-state index contributed by atoms with van der Waals surface area (Å²) in [6, 6.07) is 0. The first-order valence-electron chi connectivity index (χ1n) is 6.31. The van der Waals surface area contributed by atoms with Crippen LogP contribution >= 0.6 is 0 Å². The quantitative estimate of drug-likeness (QED) is 0.756. The molecule has 2 heterocycles. The fraction of sp³-hybridized carbons (Fsp3) is 0.917. The molecule has 1 spiro atoms. The van der Waals surface area contributed by atoms with Crippen molar-refractivity contribution in [1.29, 1.82) is 0 Å². The molecule has 0 aromatic carbocycles. The summed E-state index contributed by atoms with van der Waals surface area (Å²) < 4.78 is 11.2. The lowest BCUT2D eigenvalue weighted by molar-refractivity contribution is -0.150. The molecule has 0 aromatic rings. The van der Waals surface area contributed by atoms with Gasteiger partial charge in [-0.15, -0.1) is 0 Å². The lowest BCUT2D eigenvalue weighted by Crippen LogP contribution is -2.43. The first-order valence-corrected chi connectivity index (χ1v) is 6.31. The average molecular weight is 243 g/mol. The van der Waals surface area contributed by atoms with Gasteiger partial charge in [-0.3, -0.25) is 4.79 Å². The molecule has 3 N–H and O–H groups in total. The maximum atomic E-state index is 11.3. The number of hydrogen-bond acceptors (Lipinski definition) is 4. The fourth-order valence-corrected chi connectivity index (χ4v) is 3.01. The molecule has 5 nitrogen and oxygen atoms in total. The van der Waals surface area contributed by atoms with Gasteiger partial charge in [0.15, 0.2) is 0 Å². The summed E-state index contributed by atoms with van der Waals surface area (Å²) in [4.78, 5) is 11.3. The summed E-state index contributed by atoms with van der Waals surface area (Å²) in [6.45, 7) is 2.40. The maximum Gasteiger partial charge on any atom is 0.306 e. The molecule has 0 saturated carbocycles. The van der Waals surface area contributed by atoms with Crippen LogP contribution in [0.1, 0.15) is 25.7 Å². The largest absolute Gasteiger partial charge is 0.481 e. The van der Waals surface area contributed by atoms with Gasteiger partial charge in [-0.2, -0.15) is 0 Å². The van der Waals surface area contributed by atoms with E-state index in [0.29, 0.717) is 26.2 Å². The summed E-state index contributed by atoms with van der Waals surface area (Å²) in [5.74, 6) is -0.885. The van der Waals surface area contributed by atoms with Crippen LogP contribution in [0.4, 0.5) is 0 Å². The monoisotopic (exact) mass is 243 g/mol. The molecule has 0 aromatic heterocycles. The number of nitrogens with two attached hydrogens (primary N) is 1. The van der Waals surface area contributed by atoms with Gasteiger partial charge in [0, 0.05) is 19.6 Å². The van der Waals surface area contributed by atoms with Crippen LogP contribution in [0.2, 0.25) is 0 Å². The van der Waals surface area contributed by atoms with Crippen molar-refractivity contribution in [1.82, 2.24) is 0 Å². The van der Waals surface area contributed by atoms with Crippen LogP contribution in [0.15, 0.2) is 0 Å². The van der Waals surface area contributed by atoms with E-state index in [4.69, 9.17) is 15.2 Å². The van der Waals surface area contributed by atoms with Gasteiger partial charge < -0.3 is 20.3 Å². The van der Waals surface area contributed by atoms with E-state index in [2.05, 4.69) is 0 Å². The summed E-state index contributed by atoms with van der Waals surface area (Å²) in [6.07, 6.45) is 3.05. The molecule has 98 valence electrons. The van der Waals surface area contributed by atoms with Crippen molar-refractivity contribution in [3.05, 3.63) is 0 Å². The van der Waals surface area contributed by atoms with Crippen molar-refractivity contribution >= 4 is 5.97 Å². The van der Waals surface area contributed by atoms with Crippen molar-refractivity contribution in [2.45, 2.75) is 31.3 Å². The molecule has 0 amide bonds. The Labute approximate surface area is 101 Å². The van der Waals surface area contributed by atoms with Crippen LogP contribution in [-0.4, -0.2) is 43.0 Å². The summed E-state index contributed by atoms with van der Waals surface area (Å²) >= 11 is 0. The highest BCUT2D eigenvalue weighted by molar-refractivity contribution is 5.70. The Morgan fingerprint density at radius 2 is 2.35 bits per heavy atom. The van der Waals surface area contributed by atoms with E-state index in [-0.39, 0.29) is 17.4 Å². The van der Waals surface area contributed by atoms with Crippen molar-refractivity contribution in [3.63, 3.8) is 0 Å². The number of hydrogen-bond donors (Lipinski definition) is 2. The fourth-order valence-electron chi connectivity index (χ4n) is 3.01. The van der Waals surface area contributed by atoms with E-state index in [9.17, 15) is 9.90 Å². The minimum atomic E-state index is -0.726. The molecule has 17 heavy (non-hydrogen) atoms. The topological polar surface area (TPSA) is 81.8 Å². The smallest absolute Gasteiger partial charge is 0.306 e. The Morgan fingerprint density at radius 3 is 2.94 bits per heavy atom. The number of carboxylic acid groups (broad SMARTS) is 1. The van der Waals surface area contributed by atoms with Gasteiger partial charge in [0.25, 0.3) is 0 Å². The van der Waals surface area contributed by atoms with E-state index in [0.717, 1.165) is 25.9 Å². The highest BCUT2D eigenvalue weighted by atomic mass is 16.6. The summed E-state index contributed by atoms with van der Waals surface area (Å²) in [5.41, 5.74) is 5.28. The SMILES string of the molecule is NCCC(C(=O)O)C1CCOC2(CCOC2)C1. The third-order valence-electron chi connectivity index (χ3n) is 3.96. The van der Waals surface area contributed by atoms with Crippen molar-refractivity contribution in [2.24, 2.45) is 17.6 Å². The molecule has 0 aliphatic carbocycles. The van der Waals surface area contributed by atoms with Crippen LogP contribution in [0.5, 0.6) is 0 Å². The lowest BCUT2D eigenvalue weighted by atomic mass is 9.77. The third-order valence-corrected chi connectivity index (χ3v) is 3.96.